The first kappa shape index (κ1) is 16.1. The summed E-state index contributed by atoms with van der Waals surface area (Å²) in [7, 11) is 1.74. The topological polar surface area (TPSA) is 114 Å². The minimum Gasteiger partial charge on any atom is -0.381 e. The van der Waals surface area contributed by atoms with Gasteiger partial charge < -0.3 is 14.7 Å². The van der Waals surface area contributed by atoms with Crippen molar-refractivity contribution in [3.05, 3.63) is 35.3 Å². The van der Waals surface area contributed by atoms with Gasteiger partial charge in [-0.15, -0.1) is 0 Å². The highest BCUT2D eigenvalue weighted by Gasteiger charge is 2.25. The van der Waals surface area contributed by atoms with E-state index in [1.54, 1.807) is 30.4 Å². The van der Waals surface area contributed by atoms with Crippen molar-refractivity contribution < 1.29 is 4.74 Å². The third-order valence-corrected chi connectivity index (χ3v) is 5.33. The number of rotatable bonds is 3. The highest BCUT2D eigenvalue weighted by Crippen LogP contribution is 2.30. The Bertz CT molecular complexity index is 1170. The van der Waals surface area contributed by atoms with E-state index in [4.69, 9.17) is 4.74 Å². The summed E-state index contributed by atoms with van der Waals surface area (Å²) >= 11 is 0. The van der Waals surface area contributed by atoms with Crippen LogP contribution in [0.15, 0.2) is 29.6 Å². The number of nitrogens with one attached hydrogen (secondary N) is 2. The molecule has 4 heterocycles. The normalized spacial score (nSPS) is 20.5. The number of aromatic nitrogens is 7. The van der Waals surface area contributed by atoms with Gasteiger partial charge in [0, 0.05) is 24.9 Å². The zero-order valence-electron chi connectivity index (χ0n) is 14.8. The fourth-order valence-corrected chi connectivity index (χ4v) is 3.89. The molecule has 0 atom stereocenters. The molecule has 27 heavy (non-hydrogen) atoms. The molecule has 4 aromatic rings. The van der Waals surface area contributed by atoms with Crippen molar-refractivity contribution in [1.29, 1.82) is 0 Å². The summed E-state index contributed by atoms with van der Waals surface area (Å²) in [5.74, 6) is 0.532. The molecule has 1 aliphatic carbocycles. The second-order valence-electron chi connectivity index (χ2n) is 6.89. The van der Waals surface area contributed by atoms with E-state index in [9.17, 15) is 4.79 Å². The van der Waals surface area contributed by atoms with Gasteiger partial charge in [-0.2, -0.15) is 0 Å². The van der Waals surface area contributed by atoms with E-state index in [0.717, 1.165) is 36.8 Å². The van der Waals surface area contributed by atoms with Crippen molar-refractivity contribution in [2.75, 3.05) is 7.11 Å². The van der Waals surface area contributed by atoms with Gasteiger partial charge in [0.2, 0.25) is 0 Å². The van der Waals surface area contributed by atoms with Gasteiger partial charge in [0.25, 0.3) is 0 Å². The third-order valence-electron chi connectivity index (χ3n) is 5.33. The molecule has 0 bridgehead atoms. The Morgan fingerprint density at radius 2 is 1.96 bits per heavy atom. The number of hydrogen-bond acceptors (Lipinski definition) is 6. The molecule has 5 rings (SSSR count). The standard InChI is InChI=1S/C18H19N7O2/c1-27-12-4-2-11(3-5-12)25-17-14(23-18(25)26)8-20-15(24-17)10-6-13-16(19-7-10)22-9-21-13/h6-9,11-12H,2-5H2,1H3,(H,23,26)(H,19,21,22)/t11-,12+. The third kappa shape index (κ3) is 2.71. The number of nitrogens with zero attached hydrogens (tertiary/aromatic N) is 5. The molecule has 9 nitrogen and oxygen atoms in total. The molecule has 1 aliphatic rings. The molecule has 1 saturated carbocycles. The highest BCUT2D eigenvalue weighted by molar-refractivity contribution is 5.77. The van der Waals surface area contributed by atoms with Crippen molar-refractivity contribution >= 4 is 22.3 Å². The molecule has 1 fully saturated rings. The minimum atomic E-state index is -0.139. The van der Waals surface area contributed by atoms with Crippen LogP contribution in [-0.4, -0.2) is 47.7 Å². The fraction of sp³-hybridized carbons (Fsp3) is 0.389. The fourth-order valence-electron chi connectivity index (χ4n) is 3.89. The second-order valence-corrected chi connectivity index (χ2v) is 6.89. The number of methoxy groups -OCH3 is 1. The SMILES string of the molecule is CO[C@H]1CC[C@@H](n2c(=O)[nH]c3cnc(-c4cnc5nc[nH]c5c4)nc32)CC1. The Balaban J connectivity index is 1.57. The molecule has 0 aromatic carbocycles. The molecule has 0 saturated heterocycles. The molecule has 0 aliphatic heterocycles. The molecule has 0 amide bonds. The van der Waals surface area contributed by atoms with Gasteiger partial charge in [0.05, 0.1) is 24.1 Å². The van der Waals surface area contributed by atoms with Crippen LogP contribution in [0.4, 0.5) is 0 Å². The first-order chi connectivity index (χ1) is 13.2. The number of aromatic amines is 2. The molecular weight excluding hydrogens is 346 g/mol. The van der Waals surface area contributed by atoms with Crippen molar-refractivity contribution in [3.8, 4) is 11.4 Å². The van der Waals surface area contributed by atoms with Crippen LogP contribution < -0.4 is 5.69 Å². The molecule has 0 unspecified atom stereocenters. The lowest BCUT2D eigenvalue weighted by Gasteiger charge is -2.28. The summed E-state index contributed by atoms with van der Waals surface area (Å²) in [6.45, 7) is 0. The summed E-state index contributed by atoms with van der Waals surface area (Å²) in [4.78, 5) is 36.0. The Labute approximate surface area is 153 Å². The van der Waals surface area contributed by atoms with Gasteiger partial charge in [-0.25, -0.2) is 24.7 Å². The van der Waals surface area contributed by atoms with Gasteiger partial charge in [0.15, 0.2) is 17.1 Å². The summed E-state index contributed by atoms with van der Waals surface area (Å²) < 4.78 is 7.22. The van der Waals surface area contributed by atoms with Crippen LogP contribution in [0.25, 0.3) is 33.7 Å². The Morgan fingerprint density at radius 1 is 1.11 bits per heavy atom. The average molecular weight is 365 g/mol. The number of fused-ring (bicyclic) bond motifs is 2. The van der Waals surface area contributed by atoms with Crippen LogP contribution >= 0.6 is 0 Å². The summed E-state index contributed by atoms with van der Waals surface area (Å²) in [6.07, 6.45) is 8.91. The monoisotopic (exact) mass is 365 g/mol. The predicted molar refractivity (Wildman–Crippen MR) is 99.3 cm³/mol. The van der Waals surface area contributed by atoms with Gasteiger partial charge in [0.1, 0.15) is 5.52 Å². The van der Waals surface area contributed by atoms with Crippen LogP contribution in [0, 0.1) is 0 Å². The van der Waals surface area contributed by atoms with E-state index >= 15 is 0 Å². The van der Waals surface area contributed by atoms with E-state index in [2.05, 4.69) is 29.9 Å². The van der Waals surface area contributed by atoms with E-state index in [0.29, 0.717) is 22.6 Å². The Hall–Kier alpha value is -3.07. The first-order valence-corrected chi connectivity index (χ1v) is 9.02. The molecule has 2 N–H and O–H groups in total. The van der Waals surface area contributed by atoms with Crippen LogP contribution in [0.3, 0.4) is 0 Å². The molecular formula is C18H19N7O2. The van der Waals surface area contributed by atoms with Crippen molar-refractivity contribution in [2.45, 2.75) is 37.8 Å². The Kier molecular flexibility index (Phi) is 3.75. The predicted octanol–water partition coefficient (Wildman–Crippen LogP) is 2.19. The zero-order valence-corrected chi connectivity index (χ0v) is 14.8. The molecule has 0 spiro atoms. The van der Waals surface area contributed by atoms with E-state index in [1.165, 1.54) is 0 Å². The van der Waals surface area contributed by atoms with E-state index in [1.807, 2.05) is 6.07 Å². The molecule has 0 radical (unpaired) electrons. The van der Waals surface area contributed by atoms with Gasteiger partial charge in [-0.05, 0) is 31.7 Å². The minimum absolute atomic E-state index is 0.119. The quantitative estimate of drug-likeness (QED) is 0.575. The van der Waals surface area contributed by atoms with Crippen LogP contribution in [0.1, 0.15) is 31.7 Å². The maximum Gasteiger partial charge on any atom is 0.327 e. The van der Waals surface area contributed by atoms with Gasteiger partial charge in [-0.1, -0.05) is 0 Å². The Morgan fingerprint density at radius 3 is 2.78 bits per heavy atom. The lowest BCUT2D eigenvalue weighted by atomic mass is 9.93. The van der Waals surface area contributed by atoms with Crippen LogP contribution in [0.5, 0.6) is 0 Å². The maximum absolute atomic E-state index is 12.6. The maximum atomic E-state index is 12.6. The lowest BCUT2D eigenvalue weighted by Crippen LogP contribution is -2.28. The molecule has 9 heteroatoms. The second kappa shape index (κ2) is 6.27. The van der Waals surface area contributed by atoms with Crippen molar-refractivity contribution in [1.82, 2.24) is 34.5 Å². The lowest BCUT2D eigenvalue weighted by molar-refractivity contribution is 0.0585. The first-order valence-electron chi connectivity index (χ1n) is 9.02. The number of ether oxygens (including phenoxy) is 1. The largest absolute Gasteiger partial charge is 0.381 e. The average Bonchev–Trinajstić information content (AvgIpc) is 3.30. The van der Waals surface area contributed by atoms with Crippen LogP contribution in [0.2, 0.25) is 0 Å². The number of imidazole rings is 2. The smallest absolute Gasteiger partial charge is 0.327 e. The summed E-state index contributed by atoms with van der Waals surface area (Å²) in [6, 6.07) is 2.03. The van der Waals surface area contributed by atoms with Crippen LogP contribution in [-0.2, 0) is 4.74 Å². The van der Waals surface area contributed by atoms with Crippen molar-refractivity contribution in [2.24, 2.45) is 0 Å². The van der Waals surface area contributed by atoms with Gasteiger partial charge >= 0.3 is 5.69 Å². The van der Waals surface area contributed by atoms with Gasteiger partial charge in [-0.3, -0.25) is 4.57 Å². The number of pyridine rings is 1. The van der Waals surface area contributed by atoms with E-state index in [-0.39, 0.29) is 17.8 Å². The van der Waals surface area contributed by atoms with Crippen molar-refractivity contribution in [3.63, 3.8) is 0 Å². The summed E-state index contributed by atoms with van der Waals surface area (Å²) in [5, 5.41) is 0. The van der Waals surface area contributed by atoms with E-state index < -0.39 is 0 Å². The zero-order chi connectivity index (χ0) is 18.4. The highest BCUT2D eigenvalue weighted by atomic mass is 16.5. The summed E-state index contributed by atoms with van der Waals surface area (Å²) in [5.41, 5.74) is 3.38. The molecule has 138 valence electrons. The molecule has 4 aromatic heterocycles. The number of H-pyrrole nitrogens is 2. The number of hydrogen-bond donors (Lipinski definition) is 2.